The van der Waals surface area contributed by atoms with Gasteiger partial charge in [0, 0.05) is 29.9 Å². The van der Waals surface area contributed by atoms with Gasteiger partial charge in [0.2, 0.25) is 0 Å². The van der Waals surface area contributed by atoms with Gasteiger partial charge in [-0.15, -0.1) is 0 Å². The van der Waals surface area contributed by atoms with E-state index in [0.717, 1.165) is 49.9 Å². The van der Waals surface area contributed by atoms with E-state index in [0.29, 0.717) is 34.9 Å². The molecule has 174 valence electrons. The maximum absolute atomic E-state index is 15.1. The van der Waals surface area contributed by atoms with E-state index in [4.69, 9.17) is 0 Å². The highest BCUT2D eigenvalue weighted by Gasteiger charge is 2.46. The van der Waals surface area contributed by atoms with Gasteiger partial charge in [-0.1, -0.05) is 39.7 Å². The average molecular weight is 449 g/mol. The first kappa shape index (κ1) is 22.1. The fourth-order valence-electron chi connectivity index (χ4n) is 5.25. The topological polar surface area (TPSA) is 50.5 Å². The van der Waals surface area contributed by atoms with Crippen molar-refractivity contribution in [3.05, 3.63) is 53.1 Å². The van der Waals surface area contributed by atoms with E-state index in [9.17, 15) is 4.79 Å². The molecule has 0 bridgehead atoms. The van der Waals surface area contributed by atoms with Crippen molar-refractivity contribution >= 4 is 11.6 Å². The number of likely N-dealkylation sites (tertiary alicyclic amines) is 1. The number of rotatable bonds is 4. The molecule has 0 spiro atoms. The Kier molecular flexibility index (Phi) is 5.50. The van der Waals surface area contributed by atoms with Crippen LogP contribution >= 0.6 is 0 Å². The van der Waals surface area contributed by atoms with Crippen LogP contribution in [0.25, 0.3) is 16.9 Å². The lowest BCUT2D eigenvalue weighted by Gasteiger charge is -2.27. The van der Waals surface area contributed by atoms with Crippen LogP contribution in [0.15, 0.2) is 30.3 Å². The number of benzene rings is 1. The second-order valence-corrected chi connectivity index (χ2v) is 10.5. The van der Waals surface area contributed by atoms with E-state index in [1.165, 1.54) is 0 Å². The van der Waals surface area contributed by atoms with Gasteiger partial charge in [0.15, 0.2) is 5.65 Å². The summed E-state index contributed by atoms with van der Waals surface area (Å²) in [6.07, 6.45) is 6.17. The van der Waals surface area contributed by atoms with Crippen molar-refractivity contribution in [1.29, 1.82) is 0 Å². The van der Waals surface area contributed by atoms with Crippen molar-refractivity contribution in [3.8, 4) is 11.3 Å². The highest BCUT2D eigenvalue weighted by atomic mass is 19.1. The molecule has 1 aliphatic heterocycles. The second-order valence-electron chi connectivity index (χ2n) is 10.5. The van der Waals surface area contributed by atoms with Gasteiger partial charge in [-0.2, -0.15) is 5.10 Å². The minimum atomic E-state index is -0.258. The normalized spacial score (nSPS) is 22.4. The van der Waals surface area contributed by atoms with Crippen LogP contribution in [0.1, 0.15) is 87.5 Å². The molecule has 2 aliphatic rings. The number of carbonyl (C=O) groups is 1. The fourth-order valence-corrected chi connectivity index (χ4v) is 5.25. The number of nitrogens with zero attached hydrogens (tertiary/aromatic N) is 4. The van der Waals surface area contributed by atoms with Crippen molar-refractivity contribution in [2.45, 2.75) is 78.2 Å². The van der Waals surface area contributed by atoms with Crippen LogP contribution in [0.5, 0.6) is 0 Å². The molecule has 1 aromatic carbocycles. The van der Waals surface area contributed by atoms with Crippen molar-refractivity contribution in [3.63, 3.8) is 0 Å². The van der Waals surface area contributed by atoms with Crippen LogP contribution in [0.2, 0.25) is 0 Å². The molecule has 0 radical (unpaired) electrons. The third-order valence-electron chi connectivity index (χ3n) is 7.58. The minimum Gasteiger partial charge on any atom is -0.335 e. The Balaban J connectivity index is 1.50. The van der Waals surface area contributed by atoms with Crippen molar-refractivity contribution in [1.82, 2.24) is 19.5 Å². The maximum Gasteiger partial charge on any atom is 0.272 e. The van der Waals surface area contributed by atoms with Gasteiger partial charge in [0.05, 0.1) is 5.69 Å². The van der Waals surface area contributed by atoms with Crippen LogP contribution in [-0.4, -0.2) is 38.0 Å². The summed E-state index contributed by atoms with van der Waals surface area (Å²) in [6, 6.07) is 9.36. The molecule has 33 heavy (non-hydrogen) atoms. The summed E-state index contributed by atoms with van der Waals surface area (Å²) in [5.41, 5.74) is 4.26. The largest absolute Gasteiger partial charge is 0.335 e. The highest BCUT2D eigenvalue weighted by Crippen LogP contribution is 2.58. The Morgan fingerprint density at radius 3 is 2.67 bits per heavy atom. The highest BCUT2D eigenvalue weighted by molar-refractivity contribution is 5.93. The lowest BCUT2D eigenvalue weighted by molar-refractivity contribution is 0.0692. The zero-order valence-electron chi connectivity index (χ0n) is 20.1. The number of hydrogen-bond donors (Lipinski definition) is 0. The molecule has 1 saturated carbocycles. The monoisotopic (exact) mass is 448 g/mol. The molecule has 2 aromatic heterocycles. The Bertz CT molecular complexity index is 1210. The van der Waals surface area contributed by atoms with E-state index in [1.54, 1.807) is 16.6 Å². The lowest BCUT2D eigenvalue weighted by atomic mass is 10.0. The molecule has 5 rings (SSSR count). The molecule has 2 fully saturated rings. The number of halogens is 1. The summed E-state index contributed by atoms with van der Waals surface area (Å²) in [6.45, 7) is 9.36. The molecular formula is C27H33FN4O. The van der Waals surface area contributed by atoms with Gasteiger partial charge in [0.1, 0.15) is 11.5 Å². The molecular weight excluding hydrogens is 415 g/mol. The molecule has 3 aromatic rings. The van der Waals surface area contributed by atoms with Crippen LogP contribution < -0.4 is 0 Å². The number of aryl methyl sites for hydroxylation is 1. The molecule has 1 amide bonds. The van der Waals surface area contributed by atoms with E-state index in [1.807, 2.05) is 30.0 Å². The first-order valence-corrected chi connectivity index (χ1v) is 12.3. The summed E-state index contributed by atoms with van der Waals surface area (Å²) in [5, 5.41) is 4.67. The zero-order chi connectivity index (χ0) is 23.3. The Morgan fingerprint density at radius 2 is 1.97 bits per heavy atom. The standard InChI is InChI=1S/C27H33FN4O/c1-5-19-14-24(26(33)31-12-8-6-7-9-17(31)2)29-25-15-23(30-32(19)25)20-11-10-18(13-22(20)28)21-16-27(21,3)4/h10-11,13-15,17,21H,5-9,12,16H2,1-4H3. The number of hydrogen-bond acceptors (Lipinski definition) is 3. The van der Waals surface area contributed by atoms with Gasteiger partial charge < -0.3 is 4.90 Å². The van der Waals surface area contributed by atoms with Gasteiger partial charge >= 0.3 is 0 Å². The predicted octanol–water partition coefficient (Wildman–Crippen LogP) is 6.02. The smallest absolute Gasteiger partial charge is 0.272 e. The molecule has 5 nitrogen and oxygen atoms in total. The van der Waals surface area contributed by atoms with Crippen LogP contribution in [0.4, 0.5) is 4.39 Å². The summed E-state index contributed by atoms with van der Waals surface area (Å²) in [7, 11) is 0. The van der Waals surface area contributed by atoms with Crippen LogP contribution in [0.3, 0.4) is 0 Å². The average Bonchev–Trinajstić information content (AvgIpc) is 3.31. The second kappa shape index (κ2) is 8.23. The number of carbonyl (C=O) groups excluding carboxylic acids is 1. The first-order valence-electron chi connectivity index (χ1n) is 12.3. The first-order chi connectivity index (χ1) is 15.8. The molecule has 6 heteroatoms. The maximum atomic E-state index is 15.1. The quantitative estimate of drug-likeness (QED) is 0.491. The Hall–Kier alpha value is -2.76. The summed E-state index contributed by atoms with van der Waals surface area (Å²) < 4.78 is 16.8. The van der Waals surface area contributed by atoms with E-state index < -0.39 is 0 Å². The summed E-state index contributed by atoms with van der Waals surface area (Å²) in [5.74, 6) is 0.142. The minimum absolute atomic E-state index is 0.0214. The molecule has 2 atom stereocenters. The fraction of sp³-hybridized carbons (Fsp3) is 0.519. The van der Waals surface area contributed by atoms with Gasteiger partial charge in [-0.05, 0) is 67.7 Å². The number of fused-ring (bicyclic) bond motifs is 1. The predicted molar refractivity (Wildman–Crippen MR) is 128 cm³/mol. The molecule has 2 unspecified atom stereocenters. The molecule has 3 heterocycles. The molecule has 1 aliphatic carbocycles. The molecule has 1 saturated heterocycles. The molecule has 0 N–H and O–H groups in total. The lowest BCUT2D eigenvalue weighted by Crippen LogP contribution is -2.38. The van der Waals surface area contributed by atoms with E-state index >= 15 is 4.39 Å². The summed E-state index contributed by atoms with van der Waals surface area (Å²) >= 11 is 0. The third kappa shape index (κ3) is 4.04. The summed E-state index contributed by atoms with van der Waals surface area (Å²) in [4.78, 5) is 20.0. The van der Waals surface area contributed by atoms with Gasteiger partial charge in [-0.3, -0.25) is 4.79 Å². The van der Waals surface area contributed by atoms with E-state index in [2.05, 4.69) is 30.9 Å². The SMILES string of the molecule is CCc1cc(C(=O)N2CCCCCC2C)nc2cc(-c3ccc(C4CC4(C)C)cc3F)nn12. The van der Waals surface area contributed by atoms with Crippen LogP contribution in [-0.2, 0) is 6.42 Å². The van der Waals surface area contributed by atoms with Crippen molar-refractivity contribution < 1.29 is 9.18 Å². The van der Waals surface area contributed by atoms with Crippen molar-refractivity contribution in [2.24, 2.45) is 5.41 Å². The van der Waals surface area contributed by atoms with E-state index in [-0.39, 0.29) is 23.2 Å². The number of amides is 1. The van der Waals surface area contributed by atoms with Gasteiger partial charge in [-0.25, -0.2) is 13.9 Å². The van der Waals surface area contributed by atoms with Gasteiger partial charge in [0.25, 0.3) is 5.91 Å². The van der Waals surface area contributed by atoms with Crippen LogP contribution in [0, 0.1) is 11.2 Å². The van der Waals surface area contributed by atoms with Crippen molar-refractivity contribution in [2.75, 3.05) is 6.54 Å². The Morgan fingerprint density at radius 1 is 1.18 bits per heavy atom. The Labute approximate surface area is 195 Å². The third-order valence-corrected chi connectivity index (χ3v) is 7.58. The number of aromatic nitrogens is 3. The zero-order valence-corrected chi connectivity index (χ0v) is 20.1.